The standard InChI is InChI=1S/C25H36N4.2BrH/c1-3-11-28(12-4-1)24-7-15-26(16-8-24)20-22-19-23(22)21-27-17-9-25(10-18-27)29-13-5-2-6-14-29;;/h7-10,15-18,22-23H,1-6,11-14,19-21H2;2*1H/q+2;;/p-2/t22-,23-;;/m1../s1. The van der Waals surface area contributed by atoms with Crippen LogP contribution < -0.4 is 52.9 Å². The predicted molar refractivity (Wildman–Crippen MR) is 117 cm³/mol. The fourth-order valence-electron chi connectivity index (χ4n) is 5.17. The van der Waals surface area contributed by atoms with Crippen molar-refractivity contribution in [1.29, 1.82) is 0 Å². The SMILES string of the molecule is [Br-].[Br-].c1c[n+](C[C@H]2C[C@@H]2C[n+]2ccc(N3CCCCC3)cc2)ccc1N1CCCCC1. The molecule has 2 aliphatic heterocycles. The van der Waals surface area contributed by atoms with Crippen LogP contribution in [0.15, 0.2) is 49.1 Å². The molecule has 1 aliphatic carbocycles. The Hall–Kier alpha value is -1.14. The van der Waals surface area contributed by atoms with Crippen molar-refractivity contribution in [3.8, 4) is 0 Å². The van der Waals surface area contributed by atoms with E-state index in [2.05, 4.69) is 68.0 Å². The van der Waals surface area contributed by atoms with Crippen LogP contribution in [0.5, 0.6) is 0 Å². The molecule has 6 heteroatoms. The average Bonchev–Trinajstić information content (AvgIpc) is 3.53. The first-order valence-electron chi connectivity index (χ1n) is 11.8. The summed E-state index contributed by atoms with van der Waals surface area (Å²) in [5.41, 5.74) is 2.80. The predicted octanol–water partition coefficient (Wildman–Crippen LogP) is -2.41. The first-order chi connectivity index (χ1) is 14.3. The minimum Gasteiger partial charge on any atom is -1.00 e. The number of aromatic nitrogens is 2. The maximum atomic E-state index is 2.54. The fourth-order valence-corrected chi connectivity index (χ4v) is 5.17. The monoisotopic (exact) mass is 550 g/mol. The zero-order chi connectivity index (χ0) is 19.5. The van der Waals surface area contributed by atoms with E-state index in [-0.39, 0.29) is 34.0 Å². The molecule has 4 nitrogen and oxygen atoms in total. The van der Waals surface area contributed by atoms with Crippen molar-refractivity contribution in [3.63, 3.8) is 0 Å². The molecule has 2 atom stereocenters. The minimum atomic E-state index is 0. The van der Waals surface area contributed by atoms with Gasteiger partial charge in [-0.1, -0.05) is 0 Å². The summed E-state index contributed by atoms with van der Waals surface area (Å²) >= 11 is 0. The molecule has 170 valence electrons. The number of pyridine rings is 2. The Morgan fingerprint density at radius 1 is 0.581 bits per heavy atom. The highest BCUT2D eigenvalue weighted by Gasteiger charge is 2.42. The third-order valence-corrected chi connectivity index (χ3v) is 7.15. The summed E-state index contributed by atoms with van der Waals surface area (Å²) in [5.74, 6) is 1.66. The van der Waals surface area contributed by atoms with E-state index in [4.69, 9.17) is 0 Å². The second-order valence-corrected chi connectivity index (χ2v) is 9.36. The summed E-state index contributed by atoms with van der Waals surface area (Å²) in [5, 5.41) is 0. The Morgan fingerprint density at radius 2 is 0.935 bits per heavy atom. The highest BCUT2D eigenvalue weighted by Crippen LogP contribution is 2.39. The second-order valence-electron chi connectivity index (χ2n) is 9.36. The van der Waals surface area contributed by atoms with Crippen molar-refractivity contribution >= 4 is 11.4 Å². The smallest absolute Gasteiger partial charge is 0.170 e. The van der Waals surface area contributed by atoms with E-state index < -0.39 is 0 Å². The summed E-state index contributed by atoms with van der Waals surface area (Å²) in [6, 6.07) is 9.26. The van der Waals surface area contributed by atoms with Gasteiger partial charge in [0.2, 0.25) is 0 Å². The Kier molecular flexibility index (Phi) is 9.20. The van der Waals surface area contributed by atoms with Crippen LogP contribution in [0.4, 0.5) is 11.4 Å². The zero-order valence-electron chi connectivity index (χ0n) is 18.5. The van der Waals surface area contributed by atoms with E-state index in [1.54, 1.807) is 0 Å². The highest BCUT2D eigenvalue weighted by molar-refractivity contribution is 5.44. The molecular formula is C25H36Br2N4. The van der Waals surface area contributed by atoms with Crippen molar-refractivity contribution in [3.05, 3.63) is 49.1 Å². The third kappa shape index (κ3) is 6.44. The third-order valence-electron chi connectivity index (χ3n) is 7.15. The molecule has 31 heavy (non-hydrogen) atoms. The van der Waals surface area contributed by atoms with Gasteiger partial charge in [0, 0.05) is 73.7 Å². The Bertz CT molecular complexity index is 717. The van der Waals surface area contributed by atoms with Crippen LogP contribution in [-0.4, -0.2) is 26.2 Å². The van der Waals surface area contributed by atoms with Crippen LogP contribution in [0.2, 0.25) is 0 Å². The summed E-state index contributed by atoms with van der Waals surface area (Å²) in [6.07, 6.45) is 18.7. The molecule has 2 aromatic rings. The Labute approximate surface area is 208 Å². The summed E-state index contributed by atoms with van der Waals surface area (Å²) in [7, 11) is 0. The normalized spacial score (nSPS) is 23.0. The number of halogens is 2. The Balaban J connectivity index is 0.00000136. The van der Waals surface area contributed by atoms with Gasteiger partial charge in [0.15, 0.2) is 37.9 Å². The molecule has 3 fully saturated rings. The van der Waals surface area contributed by atoms with Crippen molar-refractivity contribution in [2.75, 3.05) is 36.0 Å². The molecule has 2 aromatic heterocycles. The van der Waals surface area contributed by atoms with E-state index in [0.29, 0.717) is 0 Å². The van der Waals surface area contributed by atoms with E-state index in [1.807, 2.05) is 0 Å². The Morgan fingerprint density at radius 3 is 1.29 bits per heavy atom. The molecule has 2 saturated heterocycles. The van der Waals surface area contributed by atoms with Crippen LogP contribution >= 0.6 is 0 Å². The average molecular weight is 552 g/mol. The van der Waals surface area contributed by atoms with Gasteiger partial charge in [-0.05, 0) is 44.9 Å². The molecular weight excluding hydrogens is 516 g/mol. The van der Waals surface area contributed by atoms with Crippen LogP contribution in [0.1, 0.15) is 44.9 Å². The van der Waals surface area contributed by atoms with Gasteiger partial charge in [0.25, 0.3) is 0 Å². The molecule has 3 aliphatic rings. The molecule has 4 heterocycles. The lowest BCUT2D eigenvalue weighted by atomic mass is 10.1. The largest absolute Gasteiger partial charge is 1.00 e. The van der Waals surface area contributed by atoms with Gasteiger partial charge in [-0.2, -0.15) is 0 Å². The maximum Gasteiger partial charge on any atom is 0.170 e. The number of anilines is 2. The molecule has 0 radical (unpaired) electrons. The number of rotatable bonds is 6. The quantitative estimate of drug-likeness (QED) is 0.371. The van der Waals surface area contributed by atoms with Crippen LogP contribution in [0, 0.1) is 11.8 Å². The van der Waals surface area contributed by atoms with Gasteiger partial charge in [-0.15, -0.1) is 0 Å². The maximum absolute atomic E-state index is 2.54. The van der Waals surface area contributed by atoms with Crippen LogP contribution in [-0.2, 0) is 13.1 Å². The van der Waals surface area contributed by atoms with E-state index in [1.165, 1.54) is 82.5 Å². The first-order valence-corrected chi connectivity index (χ1v) is 11.8. The van der Waals surface area contributed by atoms with Crippen LogP contribution in [0.3, 0.4) is 0 Å². The van der Waals surface area contributed by atoms with Gasteiger partial charge in [0.05, 0.1) is 0 Å². The topological polar surface area (TPSA) is 14.2 Å². The molecule has 1 saturated carbocycles. The zero-order valence-corrected chi connectivity index (χ0v) is 21.7. The highest BCUT2D eigenvalue weighted by atomic mass is 79.9. The summed E-state index contributed by atoms with van der Waals surface area (Å²) in [6.45, 7) is 7.23. The fraction of sp³-hybridized carbons (Fsp3) is 0.600. The van der Waals surface area contributed by atoms with Crippen molar-refractivity contribution < 1.29 is 43.1 Å². The lowest BCUT2D eigenvalue weighted by Gasteiger charge is -2.28. The first kappa shape index (κ1) is 24.5. The second kappa shape index (κ2) is 11.6. The number of piperidine rings is 2. The minimum absolute atomic E-state index is 0. The van der Waals surface area contributed by atoms with Crippen molar-refractivity contribution in [2.45, 2.75) is 58.0 Å². The van der Waals surface area contributed by atoms with E-state index in [9.17, 15) is 0 Å². The number of nitrogens with zero attached hydrogens (tertiary/aromatic N) is 4. The van der Waals surface area contributed by atoms with Gasteiger partial charge in [-0.3, -0.25) is 0 Å². The van der Waals surface area contributed by atoms with Gasteiger partial charge in [-0.25, -0.2) is 9.13 Å². The van der Waals surface area contributed by atoms with Gasteiger partial charge < -0.3 is 43.8 Å². The molecule has 0 aromatic carbocycles. The van der Waals surface area contributed by atoms with Crippen molar-refractivity contribution in [1.82, 2.24) is 0 Å². The summed E-state index contributed by atoms with van der Waals surface area (Å²) < 4.78 is 4.78. The molecule has 0 N–H and O–H groups in total. The number of hydrogen-bond acceptors (Lipinski definition) is 2. The molecule has 0 amide bonds. The lowest BCUT2D eigenvalue weighted by Crippen LogP contribution is -3.00. The van der Waals surface area contributed by atoms with Gasteiger partial charge >= 0.3 is 0 Å². The van der Waals surface area contributed by atoms with Gasteiger partial charge in [0.1, 0.15) is 0 Å². The van der Waals surface area contributed by atoms with E-state index >= 15 is 0 Å². The summed E-state index contributed by atoms with van der Waals surface area (Å²) in [4.78, 5) is 5.08. The van der Waals surface area contributed by atoms with Crippen LogP contribution in [0.25, 0.3) is 0 Å². The molecule has 5 rings (SSSR count). The number of hydrogen-bond donors (Lipinski definition) is 0. The molecule has 0 spiro atoms. The van der Waals surface area contributed by atoms with E-state index in [0.717, 1.165) is 24.9 Å². The van der Waals surface area contributed by atoms with Crippen molar-refractivity contribution in [2.24, 2.45) is 11.8 Å². The molecule has 0 unspecified atom stereocenters. The lowest BCUT2D eigenvalue weighted by molar-refractivity contribution is -0.709. The molecule has 0 bridgehead atoms.